The highest BCUT2D eigenvalue weighted by Crippen LogP contribution is 2.26. The molecule has 0 spiro atoms. The second-order valence-corrected chi connectivity index (χ2v) is 4.28. The minimum atomic E-state index is -0.139. The maximum Gasteiger partial charge on any atom is 0.146 e. The number of hydrogen-bond donors (Lipinski definition) is 1. The number of halogens is 1. The number of anilines is 1. The van der Waals surface area contributed by atoms with Crippen LogP contribution in [0, 0.1) is 5.82 Å². The summed E-state index contributed by atoms with van der Waals surface area (Å²) in [4.78, 5) is 2.11. The second-order valence-electron chi connectivity index (χ2n) is 4.28. The standard InChI is InChI=1S/C12H17FN2/c1-9-8-10(14)6-7-15(9)12-5-3-2-4-11(12)13/h2-5,9-10H,6-8,14H2,1H3. The van der Waals surface area contributed by atoms with E-state index in [-0.39, 0.29) is 11.9 Å². The van der Waals surface area contributed by atoms with E-state index in [1.54, 1.807) is 6.07 Å². The van der Waals surface area contributed by atoms with Gasteiger partial charge < -0.3 is 10.6 Å². The van der Waals surface area contributed by atoms with Gasteiger partial charge in [0.1, 0.15) is 5.82 Å². The van der Waals surface area contributed by atoms with Gasteiger partial charge in [-0.25, -0.2) is 4.39 Å². The molecule has 1 aromatic carbocycles. The third-order valence-electron chi connectivity index (χ3n) is 3.08. The largest absolute Gasteiger partial charge is 0.366 e. The topological polar surface area (TPSA) is 29.3 Å². The highest BCUT2D eigenvalue weighted by molar-refractivity contribution is 5.48. The summed E-state index contributed by atoms with van der Waals surface area (Å²) in [6.45, 7) is 2.95. The van der Waals surface area contributed by atoms with Crippen LogP contribution < -0.4 is 10.6 Å². The third kappa shape index (κ3) is 2.12. The molecular weight excluding hydrogens is 191 g/mol. The fraction of sp³-hybridized carbons (Fsp3) is 0.500. The minimum absolute atomic E-state index is 0.139. The van der Waals surface area contributed by atoms with E-state index >= 15 is 0 Å². The van der Waals surface area contributed by atoms with Gasteiger partial charge in [-0.3, -0.25) is 0 Å². The van der Waals surface area contributed by atoms with Crippen LogP contribution in [0.5, 0.6) is 0 Å². The Kier molecular flexibility index (Phi) is 2.91. The molecular formula is C12H17FN2. The van der Waals surface area contributed by atoms with E-state index in [1.165, 1.54) is 6.07 Å². The predicted octanol–water partition coefficient (Wildman–Crippen LogP) is 2.14. The lowest BCUT2D eigenvalue weighted by Gasteiger charge is -2.38. The summed E-state index contributed by atoms with van der Waals surface area (Å²) in [5.74, 6) is -0.139. The van der Waals surface area contributed by atoms with Gasteiger partial charge in [-0.15, -0.1) is 0 Å². The number of nitrogens with zero attached hydrogens (tertiary/aromatic N) is 1. The van der Waals surface area contributed by atoms with Crippen molar-refractivity contribution in [3.63, 3.8) is 0 Å². The summed E-state index contributed by atoms with van der Waals surface area (Å²) >= 11 is 0. The summed E-state index contributed by atoms with van der Waals surface area (Å²) in [5.41, 5.74) is 6.59. The molecule has 0 amide bonds. The summed E-state index contributed by atoms with van der Waals surface area (Å²) in [5, 5.41) is 0. The van der Waals surface area contributed by atoms with Gasteiger partial charge in [-0.05, 0) is 31.9 Å². The van der Waals surface area contributed by atoms with Crippen LogP contribution in [0.3, 0.4) is 0 Å². The lowest BCUT2D eigenvalue weighted by atomic mass is 9.98. The number of piperidine rings is 1. The van der Waals surface area contributed by atoms with Gasteiger partial charge in [0.25, 0.3) is 0 Å². The summed E-state index contributed by atoms with van der Waals surface area (Å²) in [7, 11) is 0. The average Bonchev–Trinajstić information content (AvgIpc) is 2.20. The zero-order valence-electron chi connectivity index (χ0n) is 8.99. The van der Waals surface area contributed by atoms with Crippen LogP contribution in [0.15, 0.2) is 24.3 Å². The monoisotopic (exact) mass is 208 g/mol. The first-order valence-corrected chi connectivity index (χ1v) is 5.45. The lowest BCUT2D eigenvalue weighted by molar-refractivity contribution is 0.425. The molecule has 1 saturated heterocycles. The van der Waals surface area contributed by atoms with E-state index in [9.17, 15) is 4.39 Å². The number of nitrogens with two attached hydrogens (primary N) is 1. The van der Waals surface area contributed by atoms with Gasteiger partial charge in [0.15, 0.2) is 0 Å². The SMILES string of the molecule is CC1CC(N)CCN1c1ccccc1F. The number of rotatable bonds is 1. The molecule has 2 rings (SSSR count). The molecule has 3 heteroatoms. The first kappa shape index (κ1) is 10.4. The Balaban J connectivity index is 2.20. The van der Waals surface area contributed by atoms with Crippen LogP contribution >= 0.6 is 0 Å². The molecule has 1 aliphatic heterocycles. The molecule has 1 heterocycles. The minimum Gasteiger partial charge on any atom is -0.366 e. The Bertz CT molecular complexity index is 340. The molecule has 15 heavy (non-hydrogen) atoms. The Morgan fingerprint density at radius 3 is 2.80 bits per heavy atom. The summed E-state index contributed by atoms with van der Waals surface area (Å²) < 4.78 is 13.6. The predicted molar refractivity (Wildman–Crippen MR) is 60.4 cm³/mol. The van der Waals surface area contributed by atoms with Crippen LogP contribution in [-0.4, -0.2) is 18.6 Å². The Morgan fingerprint density at radius 1 is 1.40 bits per heavy atom. The molecule has 1 fully saturated rings. The first-order valence-electron chi connectivity index (χ1n) is 5.45. The highest BCUT2D eigenvalue weighted by atomic mass is 19.1. The lowest BCUT2D eigenvalue weighted by Crippen LogP contribution is -2.45. The number of para-hydroxylation sites is 1. The van der Waals surface area contributed by atoms with Crippen molar-refractivity contribution in [2.75, 3.05) is 11.4 Å². The maximum absolute atomic E-state index is 13.6. The fourth-order valence-electron chi connectivity index (χ4n) is 2.25. The Hall–Kier alpha value is -1.09. The molecule has 0 saturated carbocycles. The van der Waals surface area contributed by atoms with Crippen molar-refractivity contribution in [3.05, 3.63) is 30.1 Å². The molecule has 0 aromatic heterocycles. The van der Waals surface area contributed by atoms with Gasteiger partial charge in [-0.1, -0.05) is 12.1 Å². The van der Waals surface area contributed by atoms with Crippen LogP contribution in [0.1, 0.15) is 19.8 Å². The smallest absolute Gasteiger partial charge is 0.146 e. The van der Waals surface area contributed by atoms with Gasteiger partial charge in [-0.2, -0.15) is 0 Å². The van der Waals surface area contributed by atoms with E-state index in [0.717, 1.165) is 19.4 Å². The van der Waals surface area contributed by atoms with Crippen LogP contribution in [0.2, 0.25) is 0 Å². The summed E-state index contributed by atoms with van der Waals surface area (Å²) in [6, 6.07) is 7.53. The molecule has 0 bridgehead atoms. The quantitative estimate of drug-likeness (QED) is 0.766. The zero-order chi connectivity index (χ0) is 10.8. The molecule has 2 atom stereocenters. The second kappa shape index (κ2) is 4.19. The fourth-order valence-corrected chi connectivity index (χ4v) is 2.25. The van der Waals surface area contributed by atoms with E-state index in [4.69, 9.17) is 5.73 Å². The molecule has 1 aromatic rings. The van der Waals surface area contributed by atoms with Gasteiger partial charge in [0.2, 0.25) is 0 Å². The van der Waals surface area contributed by atoms with E-state index in [0.29, 0.717) is 11.7 Å². The van der Waals surface area contributed by atoms with Crippen molar-refractivity contribution in [2.45, 2.75) is 31.8 Å². The molecule has 2 unspecified atom stereocenters. The molecule has 2 N–H and O–H groups in total. The summed E-state index contributed by atoms with van der Waals surface area (Å²) in [6.07, 6.45) is 1.88. The van der Waals surface area contributed by atoms with Crippen molar-refractivity contribution in [1.29, 1.82) is 0 Å². The Labute approximate surface area is 89.9 Å². The third-order valence-corrected chi connectivity index (χ3v) is 3.08. The van der Waals surface area contributed by atoms with Gasteiger partial charge >= 0.3 is 0 Å². The van der Waals surface area contributed by atoms with Crippen molar-refractivity contribution >= 4 is 5.69 Å². The number of benzene rings is 1. The zero-order valence-corrected chi connectivity index (χ0v) is 8.99. The molecule has 1 aliphatic rings. The van der Waals surface area contributed by atoms with E-state index in [2.05, 4.69) is 11.8 Å². The van der Waals surface area contributed by atoms with Crippen molar-refractivity contribution in [2.24, 2.45) is 5.73 Å². The van der Waals surface area contributed by atoms with Gasteiger partial charge in [0.05, 0.1) is 5.69 Å². The molecule has 0 radical (unpaired) electrons. The highest BCUT2D eigenvalue weighted by Gasteiger charge is 2.24. The van der Waals surface area contributed by atoms with Crippen LogP contribution in [0.4, 0.5) is 10.1 Å². The van der Waals surface area contributed by atoms with Crippen LogP contribution in [0.25, 0.3) is 0 Å². The van der Waals surface area contributed by atoms with Gasteiger partial charge in [0, 0.05) is 18.6 Å². The van der Waals surface area contributed by atoms with E-state index < -0.39 is 0 Å². The molecule has 82 valence electrons. The molecule has 2 nitrogen and oxygen atoms in total. The van der Waals surface area contributed by atoms with Crippen molar-refractivity contribution in [3.8, 4) is 0 Å². The molecule has 0 aliphatic carbocycles. The van der Waals surface area contributed by atoms with Crippen molar-refractivity contribution in [1.82, 2.24) is 0 Å². The maximum atomic E-state index is 13.6. The van der Waals surface area contributed by atoms with E-state index in [1.807, 2.05) is 12.1 Å². The van der Waals surface area contributed by atoms with Crippen LogP contribution in [-0.2, 0) is 0 Å². The normalized spacial score (nSPS) is 26.7. The number of hydrogen-bond acceptors (Lipinski definition) is 2. The average molecular weight is 208 g/mol. The van der Waals surface area contributed by atoms with Crippen molar-refractivity contribution < 1.29 is 4.39 Å². The Morgan fingerprint density at radius 2 is 2.13 bits per heavy atom. The first-order chi connectivity index (χ1) is 7.18.